The van der Waals surface area contributed by atoms with Crippen LogP contribution in [0.4, 0.5) is 8.78 Å². The molecule has 0 radical (unpaired) electrons. The molecule has 0 bridgehead atoms. The molecular weight excluding hydrogens is 228 g/mol. The highest BCUT2D eigenvalue weighted by molar-refractivity contribution is 5.78. The lowest BCUT2D eigenvalue weighted by Gasteiger charge is -2.19. The molecule has 3 nitrogen and oxygen atoms in total. The van der Waals surface area contributed by atoms with Crippen LogP contribution in [0, 0.1) is 11.6 Å². The minimum absolute atomic E-state index is 0.125. The summed E-state index contributed by atoms with van der Waals surface area (Å²) < 4.78 is 26.0. The van der Waals surface area contributed by atoms with E-state index in [1.165, 1.54) is 11.0 Å². The van der Waals surface area contributed by atoms with Crippen LogP contribution < -0.4 is 0 Å². The summed E-state index contributed by atoms with van der Waals surface area (Å²) in [6.45, 7) is 2.31. The monoisotopic (exact) mass is 243 g/mol. The Hall–Kier alpha value is -1.49. The fourth-order valence-electron chi connectivity index (χ4n) is 1.52. The van der Waals surface area contributed by atoms with Crippen molar-refractivity contribution in [3.05, 3.63) is 35.4 Å². The molecule has 0 saturated carbocycles. The van der Waals surface area contributed by atoms with Crippen LogP contribution in [0.1, 0.15) is 12.5 Å². The Labute approximate surface area is 98.7 Å². The maximum Gasteiger partial charge on any atom is 0.227 e. The van der Waals surface area contributed by atoms with Crippen molar-refractivity contribution in [2.45, 2.75) is 13.3 Å². The second-order valence-electron chi connectivity index (χ2n) is 3.61. The molecule has 94 valence electrons. The van der Waals surface area contributed by atoms with Crippen molar-refractivity contribution in [2.75, 3.05) is 19.7 Å². The van der Waals surface area contributed by atoms with Crippen molar-refractivity contribution < 1.29 is 18.7 Å². The number of benzene rings is 1. The molecule has 0 unspecified atom stereocenters. The normalized spacial score (nSPS) is 10.4. The van der Waals surface area contributed by atoms with Crippen molar-refractivity contribution in [3.63, 3.8) is 0 Å². The number of hydrogen-bond donors (Lipinski definition) is 1. The van der Waals surface area contributed by atoms with Crippen LogP contribution in [-0.2, 0) is 11.2 Å². The van der Waals surface area contributed by atoms with Crippen LogP contribution in [0.25, 0.3) is 0 Å². The number of aliphatic hydroxyl groups is 1. The predicted octanol–water partition coefficient (Wildman–Crippen LogP) is 1.35. The van der Waals surface area contributed by atoms with E-state index >= 15 is 0 Å². The summed E-state index contributed by atoms with van der Waals surface area (Å²) in [5.74, 6) is -1.67. The van der Waals surface area contributed by atoms with Gasteiger partial charge < -0.3 is 10.0 Å². The van der Waals surface area contributed by atoms with Crippen molar-refractivity contribution >= 4 is 5.91 Å². The van der Waals surface area contributed by atoms with E-state index in [-0.39, 0.29) is 31.0 Å². The highest BCUT2D eigenvalue weighted by atomic mass is 19.1. The smallest absolute Gasteiger partial charge is 0.227 e. The highest BCUT2D eigenvalue weighted by Crippen LogP contribution is 2.11. The average molecular weight is 243 g/mol. The average Bonchev–Trinajstić information content (AvgIpc) is 2.29. The molecule has 1 aromatic rings. The Balaban J connectivity index is 2.73. The number of carbonyl (C=O) groups excluding carboxylic acids is 1. The van der Waals surface area contributed by atoms with Gasteiger partial charge in [0, 0.05) is 19.2 Å². The quantitative estimate of drug-likeness (QED) is 0.848. The molecule has 0 aliphatic carbocycles. The van der Waals surface area contributed by atoms with Crippen LogP contribution in [-0.4, -0.2) is 35.6 Å². The zero-order valence-corrected chi connectivity index (χ0v) is 9.62. The van der Waals surface area contributed by atoms with Gasteiger partial charge >= 0.3 is 0 Å². The summed E-state index contributed by atoms with van der Waals surface area (Å²) in [5, 5.41) is 8.76. The number of aliphatic hydroxyl groups excluding tert-OH is 1. The summed E-state index contributed by atoms with van der Waals surface area (Å²) in [6, 6.07) is 3.13. The van der Waals surface area contributed by atoms with Gasteiger partial charge in [-0.1, -0.05) is 6.07 Å². The molecule has 17 heavy (non-hydrogen) atoms. The molecule has 0 aliphatic heterocycles. The zero-order chi connectivity index (χ0) is 12.8. The van der Waals surface area contributed by atoms with Crippen molar-refractivity contribution in [1.29, 1.82) is 0 Å². The molecule has 1 aromatic carbocycles. The van der Waals surface area contributed by atoms with Crippen LogP contribution in [0.5, 0.6) is 0 Å². The molecule has 1 amide bonds. The first-order valence-corrected chi connectivity index (χ1v) is 5.41. The van der Waals surface area contributed by atoms with E-state index in [2.05, 4.69) is 0 Å². The largest absolute Gasteiger partial charge is 0.395 e. The Morgan fingerprint density at radius 2 is 2.12 bits per heavy atom. The maximum absolute atomic E-state index is 13.3. The van der Waals surface area contributed by atoms with Gasteiger partial charge in [0.2, 0.25) is 5.91 Å². The minimum atomic E-state index is -0.724. The lowest BCUT2D eigenvalue weighted by Crippen LogP contribution is -2.34. The lowest BCUT2D eigenvalue weighted by atomic mass is 10.1. The first-order valence-electron chi connectivity index (χ1n) is 5.41. The standard InChI is InChI=1S/C12H15F2NO2/c1-2-15(5-6-16)12(17)7-9-3-4-10(13)8-11(9)14/h3-4,8,16H,2,5-7H2,1H3. The summed E-state index contributed by atoms with van der Waals surface area (Å²) >= 11 is 0. The van der Waals surface area contributed by atoms with E-state index in [0.717, 1.165) is 12.1 Å². The van der Waals surface area contributed by atoms with E-state index in [0.29, 0.717) is 6.54 Å². The van der Waals surface area contributed by atoms with Gasteiger partial charge in [-0.2, -0.15) is 0 Å². The van der Waals surface area contributed by atoms with Gasteiger partial charge in [-0.05, 0) is 18.6 Å². The molecule has 1 N–H and O–H groups in total. The summed E-state index contributed by atoms with van der Waals surface area (Å²) in [6.07, 6.45) is -0.125. The van der Waals surface area contributed by atoms with Gasteiger partial charge in [-0.25, -0.2) is 8.78 Å². The van der Waals surface area contributed by atoms with Crippen LogP contribution in [0.3, 0.4) is 0 Å². The van der Waals surface area contributed by atoms with E-state index in [1.807, 2.05) is 0 Å². The Bertz CT molecular complexity index is 396. The number of amides is 1. The van der Waals surface area contributed by atoms with Crippen LogP contribution >= 0.6 is 0 Å². The summed E-state index contributed by atoms with van der Waals surface area (Å²) in [4.78, 5) is 13.1. The van der Waals surface area contributed by atoms with E-state index in [4.69, 9.17) is 5.11 Å². The molecular formula is C12H15F2NO2. The number of carbonyl (C=O) groups is 1. The third-order valence-electron chi connectivity index (χ3n) is 2.46. The fourth-order valence-corrected chi connectivity index (χ4v) is 1.52. The number of hydrogen-bond acceptors (Lipinski definition) is 2. The van der Waals surface area contributed by atoms with E-state index in [1.54, 1.807) is 6.92 Å². The van der Waals surface area contributed by atoms with Crippen molar-refractivity contribution in [3.8, 4) is 0 Å². The predicted molar refractivity (Wildman–Crippen MR) is 59.4 cm³/mol. The topological polar surface area (TPSA) is 40.5 Å². The minimum Gasteiger partial charge on any atom is -0.395 e. The third kappa shape index (κ3) is 3.78. The van der Waals surface area contributed by atoms with Crippen LogP contribution in [0.15, 0.2) is 18.2 Å². The number of likely N-dealkylation sites (N-methyl/N-ethyl adjacent to an activating group) is 1. The molecule has 0 atom stereocenters. The summed E-state index contributed by atoms with van der Waals surface area (Å²) in [7, 11) is 0. The Kier molecular flexibility index (Phi) is 5.03. The van der Waals surface area contributed by atoms with Gasteiger partial charge in [0.05, 0.1) is 13.0 Å². The molecule has 0 fully saturated rings. The van der Waals surface area contributed by atoms with E-state index in [9.17, 15) is 13.6 Å². The van der Waals surface area contributed by atoms with Gasteiger partial charge in [0.15, 0.2) is 0 Å². The SMILES string of the molecule is CCN(CCO)C(=O)Cc1ccc(F)cc1F. The second kappa shape index (κ2) is 6.30. The van der Waals surface area contributed by atoms with Gasteiger partial charge in [-0.15, -0.1) is 0 Å². The molecule has 0 spiro atoms. The van der Waals surface area contributed by atoms with Crippen molar-refractivity contribution in [1.82, 2.24) is 4.90 Å². The molecule has 0 aliphatic rings. The van der Waals surface area contributed by atoms with Crippen LogP contribution in [0.2, 0.25) is 0 Å². The fraction of sp³-hybridized carbons (Fsp3) is 0.417. The van der Waals surface area contributed by atoms with Gasteiger partial charge in [0.1, 0.15) is 11.6 Å². The summed E-state index contributed by atoms with van der Waals surface area (Å²) in [5.41, 5.74) is 0.160. The lowest BCUT2D eigenvalue weighted by molar-refractivity contribution is -0.130. The first-order chi connectivity index (χ1) is 8.08. The Morgan fingerprint density at radius 1 is 1.41 bits per heavy atom. The molecule has 0 aromatic heterocycles. The third-order valence-corrected chi connectivity index (χ3v) is 2.46. The molecule has 0 heterocycles. The molecule has 1 rings (SSSR count). The first kappa shape index (κ1) is 13.6. The van der Waals surface area contributed by atoms with Gasteiger partial charge in [-0.3, -0.25) is 4.79 Å². The highest BCUT2D eigenvalue weighted by Gasteiger charge is 2.14. The number of halogens is 2. The molecule has 5 heteroatoms. The number of rotatable bonds is 5. The second-order valence-corrected chi connectivity index (χ2v) is 3.61. The Morgan fingerprint density at radius 3 is 2.65 bits per heavy atom. The zero-order valence-electron chi connectivity index (χ0n) is 9.62. The van der Waals surface area contributed by atoms with Crippen molar-refractivity contribution in [2.24, 2.45) is 0 Å². The molecule has 0 saturated heterocycles. The maximum atomic E-state index is 13.3. The van der Waals surface area contributed by atoms with E-state index < -0.39 is 11.6 Å². The van der Waals surface area contributed by atoms with Gasteiger partial charge in [0.25, 0.3) is 0 Å². The number of nitrogens with zero attached hydrogens (tertiary/aromatic N) is 1.